The fraction of sp³-hybridized carbons (Fsp3) is 0.429. The van der Waals surface area contributed by atoms with Gasteiger partial charge in [0.1, 0.15) is 4.90 Å². The Hall–Kier alpha value is -1.15. The van der Waals surface area contributed by atoms with Gasteiger partial charge in [0.25, 0.3) is 0 Å². The van der Waals surface area contributed by atoms with Crippen LogP contribution in [-0.2, 0) is 10.0 Å². The third-order valence-corrected chi connectivity index (χ3v) is 6.61. The summed E-state index contributed by atoms with van der Waals surface area (Å²) in [6.45, 7) is 2.41. The van der Waals surface area contributed by atoms with Gasteiger partial charge in [0, 0.05) is 13.1 Å². The van der Waals surface area contributed by atoms with E-state index in [9.17, 15) is 8.42 Å². The molecule has 0 N–H and O–H groups in total. The predicted molar refractivity (Wildman–Crippen MR) is 86.2 cm³/mol. The van der Waals surface area contributed by atoms with Crippen molar-refractivity contribution in [1.29, 1.82) is 0 Å². The first-order chi connectivity index (χ1) is 10.9. The number of piperidine rings is 1. The molecule has 1 aromatic carbocycles. The molecule has 1 fully saturated rings. The second-order valence-electron chi connectivity index (χ2n) is 5.43. The molecule has 2 heterocycles. The summed E-state index contributed by atoms with van der Waals surface area (Å²) in [6.07, 6.45) is 1.50. The molecule has 23 heavy (non-hydrogen) atoms. The van der Waals surface area contributed by atoms with Crippen LogP contribution in [0.25, 0.3) is 0 Å². The van der Waals surface area contributed by atoms with E-state index in [-0.39, 0.29) is 27.4 Å². The minimum atomic E-state index is -3.78. The summed E-state index contributed by atoms with van der Waals surface area (Å²) in [7, 11) is -3.78. The van der Waals surface area contributed by atoms with E-state index < -0.39 is 10.0 Å². The van der Waals surface area contributed by atoms with Crippen molar-refractivity contribution >= 4 is 33.2 Å². The Morgan fingerprint density at radius 3 is 2.61 bits per heavy atom. The third kappa shape index (κ3) is 3.24. The minimum Gasteiger partial charge on any atom is -0.339 e. The zero-order valence-corrected chi connectivity index (χ0v) is 14.7. The lowest BCUT2D eigenvalue weighted by atomic mass is 10.00. The summed E-state index contributed by atoms with van der Waals surface area (Å²) in [5.41, 5.74) is 0. The number of hydrogen-bond acceptors (Lipinski definition) is 5. The van der Waals surface area contributed by atoms with Crippen molar-refractivity contribution in [2.24, 2.45) is 0 Å². The molecule has 0 bridgehead atoms. The van der Waals surface area contributed by atoms with Crippen LogP contribution < -0.4 is 0 Å². The molecule has 1 aliphatic rings. The van der Waals surface area contributed by atoms with Gasteiger partial charge in [-0.1, -0.05) is 34.4 Å². The van der Waals surface area contributed by atoms with E-state index in [2.05, 4.69) is 10.1 Å². The first kappa shape index (κ1) is 16.7. The molecule has 1 unspecified atom stereocenters. The Morgan fingerprint density at radius 1 is 1.30 bits per heavy atom. The lowest BCUT2D eigenvalue weighted by molar-refractivity contribution is 0.265. The number of benzene rings is 1. The van der Waals surface area contributed by atoms with E-state index >= 15 is 0 Å². The minimum absolute atomic E-state index is 0.0503. The van der Waals surface area contributed by atoms with Gasteiger partial charge in [-0.2, -0.15) is 9.29 Å². The highest BCUT2D eigenvalue weighted by Crippen LogP contribution is 2.35. The number of nitrogens with zero attached hydrogens (tertiary/aromatic N) is 3. The van der Waals surface area contributed by atoms with Crippen molar-refractivity contribution in [2.75, 3.05) is 13.1 Å². The molecule has 1 aliphatic heterocycles. The number of halogens is 2. The monoisotopic (exact) mass is 375 g/mol. The number of hydrogen-bond donors (Lipinski definition) is 0. The molecule has 0 amide bonds. The van der Waals surface area contributed by atoms with Crippen LogP contribution in [0.5, 0.6) is 0 Å². The summed E-state index contributed by atoms with van der Waals surface area (Å²) < 4.78 is 32.4. The molecule has 0 spiro atoms. The van der Waals surface area contributed by atoms with Gasteiger partial charge in [0.05, 0.1) is 16.0 Å². The zero-order valence-electron chi connectivity index (χ0n) is 12.4. The molecule has 0 aliphatic carbocycles. The molecule has 2 aromatic rings. The average molecular weight is 376 g/mol. The molecule has 1 saturated heterocycles. The maximum atomic E-state index is 12.9. The fourth-order valence-corrected chi connectivity index (χ4v) is 5.31. The van der Waals surface area contributed by atoms with E-state index in [4.69, 9.17) is 27.7 Å². The molecule has 1 aromatic heterocycles. The van der Waals surface area contributed by atoms with Crippen LogP contribution in [-0.4, -0.2) is 36.0 Å². The Labute approximate surface area is 144 Å². The molecule has 3 rings (SSSR count). The van der Waals surface area contributed by atoms with Gasteiger partial charge in [-0.15, -0.1) is 0 Å². The van der Waals surface area contributed by atoms with Gasteiger partial charge in [-0.05, 0) is 31.9 Å². The fourth-order valence-electron chi connectivity index (χ4n) is 2.70. The normalized spacial score (nSPS) is 19.9. The van der Waals surface area contributed by atoms with Gasteiger partial charge in [0.2, 0.25) is 15.9 Å². The molecule has 0 radical (unpaired) electrons. The van der Waals surface area contributed by atoms with Crippen molar-refractivity contribution in [1.82, 2.24) is 14.4 Å². The van der Waals surface area contributed by atoms with Gasteiger partial charge < -0.3 is 4.52 Å². The van der Waals surface area contributed by atoms with E-state index in [0.717, 1.165) is 6.42 Å². The summed E-state index contributed by atoms with van der Waals surface area (Å²) in [5, 5.41) is 4.01. The standard InChI is InChI=1S/C14H15Cl2N3O3S/c1-9-17-14(22-18-9)10-4-3-7-19(8-10)23(20,21)13-11(15)5-2-6-12(13)16/h2,5-6,10H,3-4,7-8H2,1H3. The number of rotatable bonds is 3. The van der Waals surface area contributed by atoms with Crippen LogP contribution in [0.4, 0.5) is 0 Å². The zero-order chi connectivity index (χ0) is 16.6. The van der Waals surface area contributed by atoms with E-state index in [1.54, 1.807) is 13.0 Å². The number of sulfonamides is 1. The van der Waals surface area contributed by atoms with Crippen LogP contribution >= 0.6 is 23.2 Å². The van der Waals surface area contributed by atoms with Gasteiger partial charge in [-0.3, -0.25) is 0 Å². The largest absolute Gasteiger partial charge is 0.339 e. The molecular weight excluding hydrogens is 361 g/mol. The van der Waals surface area contributed by atoms with E-state index in [0.29, 0.717) is 24.7 Å². The van der Waals surface area contributed by atoms with Crippen molar-refractivity contribution in [3.8, 4) is 0 Å². The van der Waals surface area contributed by atoms with Gasteiger partial charge >= 0.3 is 0 Å². The second-order valence-corrected chi connectivity index (χ2v) is 8.12. The lowest BCUT2D eigenvalue weighted by Gasteiger charge is -2.30. The van der Waals surface area contributed by atoms with Gasteiger partial charge in [-0.25, -0.2) is 8.42 Å². The smallest absolute Gasteiger partial charge is 0.246 e. The van der Waals surface area contributed by atoms with Crippen molar-refractivity contribution < 1.29 is 12.9 Å². The summed E-state index contributed by atoms with van der Waals surface area (Å²) in [4.78, 5) is 4.16. The van der Waals surface area contributed by atoms with Crippen LogP contribution in [0, 0.1) is 6.92 Å². The van der Waals surface area contributed by atoms with Crippen molar-refractivity contribution in [2.45, 2.75) is 30.6 Å². The third-order valence-electron chi connectivity index (χ3n) is 3.79. The molecule has 0 saturated carbocycles. The van der Waals surface area contributed by atoms with E-state index in [1.807, 2.05) is 0 Å². The molecule has 6 nitrogen and oxygen atoms in total. The summed E-state index contributed by atoms with van der Waals surface area (Å²) in [5.74, 6) is 0.878. The predicted octanol–water partition coefficient (Wildman–Crippen LogP) is 3.25. The molecule has 124 valence electrons. The van der Waals surface area contributed by atoms with Gasteiger partial charge in [0.15, 0.2) is 5.82 Å². The van der Waals surface area contributed by atoms with Crippen LogP contribution in [0.1, 0.15) is 30.5 Å². The van der Waals surface area contributed by atoms with Crippen LogP contribution in [0.3, 0.4) is 0 Å². The van der Waals surface area contributed by atoms with Crippen LogP contribution in [0.2, 0.25) is 10.0 Å². The SMILES string of the molecule is Cc1noc(C2CCCN(S(=O)(=O)c3c(Cl)cccc3Cl)C2)n1. The molecule has 9 heteroatoms. The Morgan fingerprint density at radius 2 is 2.00 bits per heavy atom. The highest BCUT2D eigenvalue weighted by atomic mass is 35.5. The first-order valence-corrected chi connectivity index (χ1v) is 9.33. The quantitative estimate of drug-likeness (QED) is 0.822. The maximum absolute atomic E-state index is 12.9. The second kappa shape index (κ2) is 6.39. The van der Waals surface area contributed by atoms with Crippen LogP contribution in [0.15, 0.2) is 27.6 Å². The summed E-state index contributed by atoms with van der Waals surface area (Å²) >= 11 is 12.1. The molecule has 1 atom stereocenters. The first-order valence-electron chi connectivity index (χ1n) is 7.14. The lowest BCUT2D eigenvalue weighted by Crippen LogP contribution is -2.39. The topological polar surface area (TPSA) is 76.3 Å². The highest BCUT2D eigenvalue weighted by molar-refractivity contribution is 7.89. The Kier molecular flexibility index (Phi) is 4.64. The van der Waals surface area contributed by atoms with Crippen molar-refractivity contribution in [3.63, 3.8) is 0 Å². The van der Waals surface area contributed by atoms with Crippen molar-refractivity contribution in [3.05, 3.63) is 40.0 Å². The Balaban J connectivity index is 1.91. The van der Waals surface area contributed by atoms with E-state index in [1.165, 1.54) is 16.4 Å². The Bertz CT molecular complexity index is 802. The molecular formula is C14H15Cl2N3O3S. The highest BCUT2D eigenvalue weighted by Gasteiger charge is 2.35. The number of aryl methyl sites for hydroxylation is 1. The number of aromatic nitrogens is 2. The summed E-state index contributed by atoms with van der Waals surface area (Å²) in [6, 6.07) is 4.65. The maximum Gasteiger partial charge on any atom is 0.246 e. The average Bonchev–Trinajstić information content (AvgIpc) is 2.94.